The highest BCUT2D eigenvalue weighted by Crippen LogP contribution is 2.23. The molecule has 18 heavy (non-hydrogen) atoms. The molecule has 0 saturated carbocycles. The van der Waals surface area contributed by atoms with Crippen molar-refractivity contribution in [1.29, 1.82) is 0 Å². The Morgan fingerprint density at radius 2 is 1.78 bits per heavy atom. The van der Waals surface area contributed by atoms with Crippen molar-refractivity contribution < 1.29 is 9.53 Å². The molecule has 6 nitrogen and oxygen atoms in total. The van der Waals surface area contributed by atoms with Crippen molar-refractivity contribution in [1.82, 2.24) is 20.4 Å². The minimum atomic E-state index is -0.424. The second-order valence-electron chi connectivity index (χ2n) is 3.76. The monoisotopic (exact) mass is 244 g/mol. The van der Waals surface area contributed by atoms with Crippen LogP contribution >= 0.6 is 0 Å². The predicted molar refractivity (Wildman–Crippen MR) is 63.9 cm³/mol. The van der Waals surface area contributed by atoms with E-state index in [1.807, 2.05) is 19.1 Å². The highest BCUT2D eigenvalue weighted by Gasteiger charge is 2.18. The number of benzene rings is 1. The summed E-state index contributed by atoms with van der Waals surface area (Å²) in [7, 11) is 1.34. The van der Waals surface area contributed by atoms with Gasteiger partial charge in [0.1, 0.15) is 0 Å². The fourth-order valence-electron chi connectivity index (χ4n) is 1.61. The summed E-state index contributed by atoms with van der Waals surface area (Å²) in [6, 6.07) is 5.39. The van der Waals surface area contributed by atoms with Crippen molar-refractivity contribution in [3.8, 4) is 11.4 Å². The van der Waals surface area contributed by atoms with Crippen molar-refractivity contribution in [2.24, 2.45) is 0 Å². The van der Waals surface area contributed by atoms with E-state index >= 15 is 0 Å². The number of rotatable bonds is 2. The first-order valence-corrected chi connectivity index (χ1v) is 5.35. The topological polar surface area (TPSA) is 77.9 Å². The van der Waals surface area contributed by atoms with Gasteiger partial charge in [0.2, 0.25) is 5.82 Å². The molecule has 0 spiro atoms. The van der Waals surface area contributed by atoms with Crippen LogP contribution in [0.4, 0.5) is 0 Å². The summed E-state index contributed by atoms with van der Waals surface area (Å²) in [5.41, 5.74) is 1.80. The maximum Gasteiger partial charge on any atom is 0.338 e. The summed E-state index contributed by atoms with van der Waals surface area (Å²) in [5, 5.41) is 15.5. The minimum absolute atomic E-state index is 0.310. The fraction of sp³-hybridized carbons (Fsp3) is 0.250. The van der Waals surface area contributed by atoms with Crippen LogP contribution in [0.1, 0.15) is 21.7 Å². The van der Waals surface area contributed by atoms with E-state index in [0.29, 0.717) is 22.8 Å². The minimum Gasteiger partial charge on any atom is -0.465 e. The van der Waals surface area contributed by atoms with Crippen LogP contribution in [0, 0.1) is 13.8 Å². The number of hydrogen-bond acceptors (Lipinski definition) is 6. The van der Waals surface area contributed by atoms with Crippen LogP contribution in [0.2, 0.25) is 0 Å². The molecule has 0 atom stereocenters. The second kappa shape index (κ2) is 4.87. The standard InChI is InChI=1S/C12H12N4O2/c1-7-5-4-6-9(10(7)12(17)18-3)11-15-13-8(2)14-16-11/h4-6H,1-3H3. The average Bonchev–Trinajstić information content (AvgIpc) is 2.38. The van der Waals surface area contributed by atoms with Crippen molar-refractivity contribution in [2.45, 2.75) is 13.8 Å². The molecule has 0 fully saturated rings. The average molecular weight is 244 g/mol. The van der Waals surface area contributed by atoms with E-state index in [9.17, 15) is 4.79 Å². The van der Waals surface area contributed by atoms with Crippen LogP contribution in [0.5, 0.6) is 0 Å². The zero-order valence-electron chi connectivity index (χ0n) is 10.3. The summed E-state index contributed by atoms with van der Waals surface area (Å²) in [6.45, 7) is 3.52. The smallest absolute Gasteiger partial charge is 0.338 e. The third kappa shape index (κ3) is 2.17. The third-order valence-electron chi connectivity index (χ3n) is 2.48. The highest BCUT2D eigenvalue weighted by atomic mass is 16.5. The number of nitrogens with zero attached hydrogens (tertiary/aromatic N) is 4. The van der Waals surface area contributed by atoms with Crippen LogP contribution in [0.3, 0.4) is 0 Å². The maximum atomic E-state index is 11.8. The molecule has 2 aromatic rings. The first kappa shape index (κ1) is 12.1. The van der Waals surface area contributed by atoms with Crippen LogP contribution in [-0.4, -0.2) is 33.5 Å². The van der Waals surface area contributed by atoms with E-state index in [4.69, 9.17) is 4.74 Å². The molecular weight excluding hydrogens is 232 g/mol. The lowest BCUT2D eigenvalue weighted by Gasteiger charge is -2.08. The molecule has 0 aliphatic heterocycles. The molecule has 6 heteroatoms. The van der Waals surface area contributed by atoms with Gasteiger partial charge in [0.15, 0.2) is 5.82 Å². The number of esters is 1. The summed E-state index contributed by atoms with van der Waals surface area (Å²) < 4.78 is 4.77. The molecule has 2 rings (SSSR count). The van der Waals surface area contributed by atoms with Gasteiger partial charge in [-0.2, -0.15) is 0 Å². The molecule has 0 N–H and O–H groups in total. The normalized spacial score (nSPS) is 10.2. The number of methoxy groups -OCH3 is 1. The lowest BCUT2D eigenvalue weighted by atomic mass is 10.0. The Bertz CT molecular complexity index is 581. The number of carbonyl (C=O) groups is 1. The lowest BCUT2D eigenvalue weighted by molar-refractivity contribution is 0.0600. The van der Waals surface area contributed by atoms with Crippen molar-refractivity contribution in [3.63, 3.8) is 0 Å². The van der Waals surface area contributed by atoms with Gasteiger partial charge < -0.3 is 4.74 Å². The Morgan fingerprint density at radius 3 is 2.39 bits per heavy atom. The second-order valence-corrected chi connectivity index (χ2v) is 3.76. The summed E-state index contributed by atoms with van der Waals surface area (Å²) in [6.07, 6.45) is 0. The molecule has 0 bridgehead atoms. The Kier molecular flexibility index (Phi) is 3.27. The molecule has 1 aromatic carbocycles. The Morgan fingerprint density at radius 1 is 1.11 bits per heavy atom. The molecule has 1 aromatic heterocycles. The Balaban J connectivity index is 2.60. The van der Waals surface area contributed by atoms with E-state index in [0.717, 1.165) is 5.56 Å². The van der Waals surface area contributed by atoms with Crippen LogP contribution in [-0.2, 0) is 4.74 Å². The fourth-order valence-corrected chi connectivity index (χ4v) is 1.61. The Labute approximate surface area is 104 Å². The molecule has 92 valence electrons. The molecule has 0 aliphatic rings. The molecule has 0 saturated heterocycles. The van der Waals surface area contributed by atoms with Crippen molar-refractivity contribution in [2.75, 3.05) is 7.11 Å². The van der Waals surface area contributed by atoms with Crippen LogP contribution in [0.25, 0.3) is 11.4 Å². The van der Waals surface area contributed by atoms with Gasteiger partial charge in [0.05, 0.1) is 12.7 Å². The number of hydrogen-bond donors (Lipinski definition) is 0. The summed E-state index contributed by atoms with van der Waals surface area (Å²) >= 11 is 0. The molecule has 0 unspecified atom stereocenters. The molecular formula is C12H12N4O2. The quantitative estimate of drug-likeness (QED) is 0.742. The van der Waals surface area contributed by atoms with Gasteiger partial charge in [-0.05, 0) is 19.4 Å². The lowest BCUT2D eigenvalue weighted by Crippen LogP contribution is -2.08. The molecule has 1 heterocycles. The number of aromatic nitrogens is 4. The van der Waals surface area contributed by atoms with E-state index in [1.165, 1.54) is 7.11 Å². The number of carbonyl (C=O) groups excluding carboxylic acids is 1. The van der Waals surface area contributed by atoms with Crippen LogP contribution < -0.4 is 0 Å². The third-order valence-corrected chi connectivity index (χ3v) is 2.48. The van der Waals surface area contributed by atoms with Crippen LogP contribution in [0.15, 0.2) is 18.2 Å². The molecule has 0 radical (unpaired) electrons. The van der Waals surface area contributed by atoms with Gasteiger partial charge in [0, 0.05) is 5.56 Å². The first-order valence-electron chi connectivity index (χ1n) is 5.35. The molecule has 0 amide bonds. The molecule has 0 aliphatic carbocycles. The maximum absolute atomic E-state index is 11.8. The van der Waals surface area contributed by atoms with Crippen molar-refractivity contribution in [3.05, 3.63) is 35.2 Å². The zero-order chi connectivity index (χ0) is 13.1. The van der Waals surface area contributed by atoms with Gasteiger partial charge in [-0.3, -0.25) is 0 Å². The van der Waals surface area contributed by atoms with Gasteiger partial charge in [-0.25, -0.2) is 4.79 Å². The van der Waals surface area contributed by atoms with Gasteiger partial charge in [-0.15, -0.1) is 20.4 Å². The summed E-state index contributed by atoms with van der Waals surface area (Å²) in [4.78, 5) is 11.8. The zero-order valence-corrected chi connectivity index (χ0v) is 10.3. The van der Waals surface area contributed by atoms with Crippen molar-refractivity contribution >= 4 is 5.97 Å². The number of aryl methyl sites for hydroxylation is 2. The summed E-state index contributed by atoms with van der Waals surface area (Å²) in [5.74, 6) is 0.364. The van der Waals surface area contributed by atoms with E-state index in [2.05, 4.69) is 20.4 Å². The van der Waals surface area contributed by atoms with E-state index in [1.54, 1.807) is 13.0 Å². The predicted octanol–water partition coefficient (Wildman–Crippen LogP) is 1.34. The SMILES string of the molecule is COC(=O)c1c(C)cccc1-c1nnc(C)nn1. The van der Waals surface area contributed by atoms with Gasteiger partial charge >= 0.3 is 5.97 Å². The van der Waals surface area contributed by atoms with Gasteiger partial charge in [-0.1, -0.05) is 18.2 Å². The van der Waals surface area contributed by atoms with E-state index < -0.39 is 5.97 Å². The van der Waals surface area contributed by atoms with Gasteiger partial charge in [0.25, 0.3) is 0 Å². The number of ether oxygens (including phenoxy) is 1. The Hall–Kier alpha value is -2.37. The first-order chi connectivity index (χ1) is 8.63. The van der Waals surface area contributed by atoms with E-state index in [-0.39, 0.29) is 0 Å². The largest absolute Gasteiger partial charge is 0.465 e. The highest BCUT2D eigenvalue weighted by molar-refractivity contribution is 5.97.